The number of nitrogens with zero attached hydrogens (tertiary/aromatic N) is 1. The van der Waals surface area contributed by atoms with Crippen LogP contribution in [0.2, 0.25) is 0 Å². The van der Waals surface area contributed by atoms with Crippen LogP contribution in [0.5, 0.6) is 11.5 Å². The summed E-state index contributed by atoms with van der Waals surface area (Å²) in [6, 6.07) is 19.9. The minimum Gasteiger partial charge on any atom is -0.492 e. The molecule has 206 valence electrons. The van der Waals surface area contributed by atoms with E-state index in [1.54, 1.807) is 18.3 Å². The SMILES string of the molecule is CCCCCOc1ccc(CCc2ccc3c(F)c(CCc4ccc(OCC(F)(F)F)cc4)ccc3c2)nc1. The monoisotopic (exact) mass is 539 g/mol. The van der Waals surface area contributed by atoms with Gasteiger partial charge in [0.1, 0.15) is 17.3 Å². The first-order valence-electron chi connectivity index (χ1n) is 13.4. The summed E-state index contributed by atoms with van der Waals surface area (Å²) in [6.07, 6.45) is 3.39. The van der Waals surface area contributed by atoms with E-state index in [-0.39, 0.29) is 11.6 Å². The van der Waals surface area contributed by atoms with Crippen LogP contribution in [0.1, 0.15) is 48.6 Å². The van der Waals surface area contributed by atoms with Crippen molar-refractivity contribution in [2.45, 2.75) is 58.0 Å². The standard InChI is InChI=1S/C32H33F4NO2/c1-2-3-4-19-38-29-17-14-27(37-21-29)13-6-24-9-18-30-26(20-24)12-11-25(31(30)33)10-5-23-7-15-28(16-8-23)39-22-32(34,35)36/h7-9,11-12,14-18,20-21H,2-6,10,13,19,22H2,1H3. The molecule has 1 heterocycles. The number of halogens is 4. The van der Waals surface area contributed by atoms with Crippen molar-refractivity contribution in [3.63, 3.8) is 0 Å². The van der Waals surface area contributed by atoms with Gasteiger partial charge in [0.2, 0.25) is 0 Å². The second kappa shape index (κ2) is 13.5. The Balaban J connectivity index is 1.31. The van der Waals surface area contributed by atoms with E-state index in [1.807, 2.05) is 42.5 Å². The predicted octanol–water partition coefficient (Wildman–Crippen LogP) is 8.45. The number of hydrogen-bond donors (Lipinski definition) is 0. The number of unbranched alkanes of at least 4 members (excludes halogenated alkanes) is 2. The van der Waals surface area contributed by atoms with Crippen LogP contribution < -0.4 is 9.47 Å². The maximum absolute atomic E-state index is 15.3. The molecule has 0 saturated heterocycles. The molecule has 0 aliphatic carbocycles. The van der Waals surface area contributed by atoms with E-state index in [9.17, 15) is 13.2 Å². The fourth-order valence-corrected chi connectivity index (χ4v) is 4.39. The number of benzene rings is 3. The van der Waals surface area contributed by atoms with Crippen molar-refractivity contribution in [3.8, 4) is 11.5 Å². The van der Waals surface area contributed by atoms with E-state index in [0.717, 1.165) is 60.1 Å². The minimum absolute atomic E-state index is 0.156. The number of aromatic nitrogens is 1. The van der Waals surface area contributed by atoms with Crippen LogP contribution in [0.25, 0.3) is 10.8 Å². The quantitative estimate of drug-likeness (QED) is 0.126. The zero-order chi connectivity index (χ0) is 27.7. The Morgan fingerprint density at radius 2 is 1.49 bits per heavy atom. The lowest BCUT2D eigenvalue weighted by atomic mass is 9.98. The summed E-state index contributed by atoms with van der Waals surface area (Å²) < 4.78 is 62.6. The molecule has 4 aromatic rings. The zero-order valence-electron chi connectivity index (χ0n) is 22.1. The van der Waals surface area contributed by atoms with E-state index in [0.29, 0.717) is 30.4 Å². The van der Waals surface area contributed by atoms with Gasteiger partial charge < -0.3 is 9.47 Å². The molecule has 0 saturated carbocycles. The van der Waals surface area contributed by atoms with Crippen LogP contribution in [0.4, 0.5) is 17.6 Å². The summed E-state index contributed by atoms with van der Waals surface area (Å²) in [5, 5.41) is 1.43. The number of hydrogen-bond acceptors (Lipinski definition) is 3. The van der Waals surface area contributed by atoms with Crippen molar-refractivity contribution < 1.29 is 27.0 Å². The molecule has 3 aromatic carbocycles. The zero-order valence-corrected chi connectivity index (χ0v) is 22.1. The van der Waals surface area contributed by atoms with Crippen molar-refractivity contribution >= 4 is 10.8 Å². The molecule has 0 bridgehead atoms. The fourth-order valence-electron chi connectivity index (χ4n) is 4.39. The molecule has 0 aliphatic rings. The van der Waals surface area contributed by atoms with Gasteiger partial charge in [0.25, 0.3) is 0 Å². The highest BCUT2D eigenvalue weighted by Gasteiger charge is 2.28. The van der Waals surface area contributed by atoms with E-state index < -0.39 is 12.8 Å². The van der Waals surface area contributed by atoms with Crippen molar-refractivity contribution in [1.29, 1.82) is 0 Å². The first-order chi connectivity index (χ1) is 18.8. The van der Waals surface area contributed by atoms with Gasteiger partial charge in [-0.25, -0.2) is 4.39 Å². The predicted molar refractivity (Wildman–Crippen MR) is 146 cm³/mol. The van der Waals surface area contributed by atoms with E-state index >= 15 is 4.39 Å². The maximum Gasteiger partial charge on any atom is 0.422 e. The molecule has 0 spiro atoms. The highest BCUT2D eigenvalue weighted by atomic mass is 19.4. The molecule has 0 N–H and O–H groups in total. The fraction of sp³-hybridized carbons (Fsp3) is 0.344. The third-order valence-corrected chi connectivity index (χ3v) is 6.59. The van der Waals surface area contributed by atoms with Crippen LogP contribution in [0, 0.1) is 5.82 Å². The maximum atomic E-state index is 15.3. The highest BCUT2D eigenvalue weighted by Crippen LogP contribution is 2.25. The third-order valence-electron chi connectivity index (χ3n) is 6.59. The Kier molecular flexibility index (Phi) is 9.79. The second-order valence-corrected chi connectivity index (χ2v) is 9.68. The van der Waals surface area contributed by atoms with Crippen molar-refractivity contribution in [1.82, 2.24) is 4.98 Å². The van der Waals surface area contributed by atoms with E-state index in [4.69, 9.17) is 9.47 Å². The van der Waals surface area contributed by atoms with Crippen molar-refractivity contribution in [2.75, 3.05) is 13.2 Å². The third kappa shape index (κ3) is 8.70. The molecular formula is C32H33F4NO2. The number of fused-ring (bicyclic) bond motifs is 1. The van der Waals surface area contributed by atoms with E-state index in [1.165, 1.54) is 12.1 Å². The Labute approximate surface area is 226 Å². The second-order valence-electron chi connectivity index (χ2n) is 9.68. The van der Waals surface area contributed by atoms with Crippen molar-refractivity contribution in [3.05, 3.63) is 101 Å². The minimum atomic E-state index is -4.38. The number of rotatable bonds is 13. The van der Waals surface area contributed by atoms with Crippen LogP contribution in [0.3, 0.4) is 0 Å². The summed E-state index contributed by atoms with van der Waals surface area (Å²) in [5.74, 6) is 0.711. The molecule has 0 radical (unpaired) electrons. The van der Waals surface area contributed by atoms with Gasteiger partial charge in [-0.05, 0) is 78.4 Å². The molecular weight excluding hydrogens is 506 g/mol. The molecule has 39 heavy (non-hydrogen) atoms. The average molecular weight is 540 g/mol. The molecule has 0 fully saturated rings. The van der Waals surface area contributed by atoms with Gasteiger partial charge in [0, 0.05) is 11.1 Å². The van der Waals surface area contributed by atoms with Gasteiger partial charge in [0.05, 0.1) is 12.8 Å². The highest BCUT2D eigenvalue weighted by molar-refractivity contribution is 5.84. The topological polar surface area (TPSA) is 31.4 Å². The van der Waals surface area contributed by atoms with Crippen LogP contribution >= 0.6 is 0 Å². The van der Waals surface area contributed by atoms with Crippen LogP contribution in [-0.4, -0.2) is 24.4 Å². The number of aryl methyl sites for hydroxylation is 4. The molecule has 3 nitrogen and oxygen atoms in total. The largest absolute Gasteiger partial charge is 0.492 e. The normalized spacial score (nSPS) is 11.6. The lowest BCUT2D eigenvalue weighted by Gasteiger charge is -2.11. The Morgan fingerprint density at radius 1 is 0.744 bits per heavy atom. The molecule has 4 rings (SSSR count). The summed E-state index contributed by atoms with van der Waals surface area (Å²) in [5.41, 5.74) is 3.60. The molecule has 0 aliphatic heterocycles. The first-order valence-corrected chi connectivity index (χ1v) is 13.4. The molecule has 0 amide bonds. The lowest BCUT2D eigenvalue weighted by Crippen LogP contribution is -2.19. The Bertz CT molecular complexity index is 1340. The summed E-state index contributed by atoms with van der Waals surface area (Å²) in [6.45, 7) is 1.55. The molecule has 7 heteroatoms. The summed E-state index contributed by atoms with van der Waals surface area (Å²) >= 11 is 0. The van der Waals surface area contributed by atoms with Crippen molar-refractivity contribution in [2.24, 2.45) is 0 Å². The van der Waals surface area contributed by atoms with Gasteiger partial charge in [-0.15, -0.1) is 0 Å². The molecule has 0 atom stereocenters. The lowest BCUT2D eigenvalue weighted by molar-refractivity contribution is -0.153. The Morgan fingerprint density at radius 3 is 2.21 bits per heavy atom. The molecule has 0 unspecified atom stereocenters. The smallest absolute Gasteiger partial charge is 0.422 e. The van der Waals surface area contributed by atoms with Gasteiger partial charge in [0.15, 0.2) is 6.61 Å². The van der Waals surface area contributed by atoms with Crippen LogP contribution in [-0.2, 0) is 25.7 Å². The molecule has 1 aromatic heterocycles. The van der Waals surface area contributed by atoms with Gasteiger partial charge in [-0.2, -0.15) is 13.2 Å². The average Bonchev–Trinajstić information content (AvgIpc) is 2.93. The van der Waals surface area contributed by atoms with Gasteiger partial charge in [-0.1, -0.05) is 62.2 Å². The van der Waals surface area contributed by atoms with Gasteiger partial charge in [-0.3, -0.25) is 4.98 Å². The van der Waals surface area contributed by atoms with Crippen LogP contribution in [0.15, 0.2) is 72.9 Å². The van der Waals surface area contributed by atoms with Gasteiger partial charge >= 0.3 is 6.18 Å². The Hall–Kier alpha value is -3.61. The summed E-state index contributed by atoms with van der Waals surface area (Å²) in [7, 11) is 0. The summed E-state index contributed by atoms with van der Waals surface area (Å²) in [4.78, 5) is 4.51. The first kappa shape index (κ1) is 28.4. The number of ether oxygens (including phenoxy) is 2. The number of alkyl halides is 3. The van der Waals surface area contributed by atoms with E-state index in [2.05, 4.69) is 11.9 Å². The number of pyridine rings is 1.